The number of esters is 1. The molecule has 128 valence electrons. The molecule has 7 heteroatoms. The molecular weight excluding hydrogens is 302 g/mol. The molecule has 0 bridgehead atoms. The van der Waals surface area contributed by atoms with Gasteiger partial charge in [0.1, 0.15) is 19.3 Å². The van der Waals surface area contributed by atoms with Crippen molar-refractivity contribution < 1.29 is 28.5 Å². The molecule has 0 heterocycles. The fourth-order valence-corrected chi connectivity index (χ4v) is 1.77. The lowest BCUT2D eigenvalue weighted by molar-refractivity contribution is -0.147. The zero-order chi connectivity index (χ0) is 16.9. The number of hydrogen-bond acceptors (Lipinski definition) is 6. The monoisotopic (exact) mass is 325 g/mol. The van der Waals surface area contributed by atoms with Crippen LogP contribution >= 0.6 is 0 Å². The number of alkyl carbamates (subject to hydrolysis) is 1. The van der Waals surface area contributed by atoms with Gasteiger partial charge in [-0.05, 0) is 5.56 Å². The van der Waals surface area contributed by atoms with Gasteiger partial charge in [-0.3, -0.25) is 0 Å². The summed E-state index contributed by atoms with van der Waals surface area (Å²) < 4.78 is 19.6. The summed E-state index contributed by atoms with van der Waals surface area (Å²) in [5.41, 5.74) is 0.901. The number of amides is 1. The van der Waals surface area contributed by atoms with E-state index in [1.807, 2.05) is 30.3 Å². The number of ether oxygens (including phenoxy) is 4. The number of benzene rings is 1. The summed E-state index contributed by atoms with van der Waals surface area (Å²) in [6.07, 6.45) is -0.377. The summed E-state index contributed by atoms with van der Waals surface area (Å²) >= 11 is 0. The Balaban J connectivity index is 2.60. The lowest BCUT2D eigenvalue weighted by Gasteiger charge is -2.17. The smallest absolute Gasteiger partial charge is 0.407 e. The van der Waals surface area contributed by atoms with Crippen LogP contribution in [0.15, 0.2) is 30.3 Å². The van der Waals surface area contributed by atoms with Crippen LogP contribution in [0.1, 0.15) is 5.56 Å². The minimum absolute atomic E-state index is 0.110. The molecule has 7 nitrogen and oxygen atoms in total. The highest BCUT2D eigenvalue weighted by Gasteiger charge is 2.23. The maximum absolute atomic E-state index is 12.1. The van der Waals surface area contributed by atoms with Crippen molar-refractivity contribution in [2.24, 2.45) is 0 Å². The van der Waals surface area contributed by atoms with Crippen LogP contribution in [0, 0.1) is 0 Å². The molecule has 1 N–H and O–H groups in total. The van der Waals surface area contributed by atoms with Gasteiger partial charge in [-0.25, -0.2) is 9.59 Å². The van der Waals surface area contributed by atoms with Gasteiger partial charge in [0, 0.05) is 20.6 Å². The van der Waals surface area contributed by atoms with Crippen LogP contribution in [0.25, 0.3) is 0 Å². The Morgan fingerprint density at radius 3 is 2.17 bits per heavy atom. The molecule has 0 aliphatic rings. The molecule has 1 aromatic rings. The first-order chi connectivity index (χ1) is 11.2. The second kappa shape index (κ2) is 11.4. The summed E-state index contributed by atoms with van der Waals surface area (Å²) in [6.45, 7) is 0.817. The standard InChI is InChI=1S/C16H23NO6/c1-20-8-10-22-15(18)14(12-13-6-4-3-5-7-13)17-16(19)23-11-9-21-2/h3-7,14H,8-12H2,1-2H3,(H,17,19). The van der Waals surface area contributed by atoms with E-state index in [0.717, 1.165) is 5.56 Å². The highest BCUT2D eigenvalue weighted by atomic mass is 16.6. The van der Waals surface area contributed by atoms with Crippen molar-refractivity contribution in [3.05, 3.63) is 35.9 Å². The number of rotatable bonds is 10. The van der Waals surface area contributed by atoms with E-state index < -0.39 is 18.1 Å². The molecule has 1 unspecified atom stereocenters. The van der Waals surface area contributed by atoms with Crippen LogP contribution in [0.2, 0.25) is 0 Å². The molecule has 1 aromatic carbocycles. The van der Waals surface area contributed by atoms with Gasteiger partial charge < -0.3 is 24.3 Å². The van der Waals surface area contributed by atoms with Crippen molar-refractivity contribution in [2.75, 3.05) is 40.6 Å². The fourth-order valence-electron chi connectivity index (χ4n) is 1.77. The van der Waals surface area contributed by atoms with Gasteiger partial charge in [0.2, 0.25) is 0 Å². The lowest BCUT2D eigenvalue weighted by atomic mass is 10.1. The quantitative estimate of drug-likeness (QED) is 0.513. The van der Waals surface area contributed by atoms with Crippen molar-refractivity contribution in [2.45, 2.75) is 12.5 Å². The van der Waals surface area contributed by atoms with Gasteiger partial charge in [-0.15, -0.1) is 0 Å². The van der Waals surface area contributed by atoms with Crippen LogP contribution in [0.3, 0.4) is 0 Å². The molecule has 1 rings (SSSR count). The van der Waals surface area contributed by atoms with E-state index in [2.05, 4.69) is 5.32 Å². The van der Waals surface area contributed by atoms with Crippen LogP contribution in [-0.2, 0) is 30.2 Å². The molecule has 23 heavy (non-hydrogen) atoms. The second-order valence-corrected chi connectivity index (χ2v) is 4.68. The fraction of sp³-hybridized carbons (Fsp3) is 0.500. The Kier molecular flexibility index (Phi) is 9.42. The SMILES string of the molecule is COCCOC(=O)NC(Cc1ccccc1)C(=O)OCCOC. The Morgan fingerprint density at radius 1 is 0.957 bits per heavy atom. The summed E-state index contributed by atoms with van der Waals surface area (Å²) in [5, 5.41) is 2.52. The van der Waals surface area contributed by atoms with Crippen molar-refractivity contribution in [3.63, 3.8) is 0 Å². The third-order valence-corrected chi connectivity index (χ3v) is 2.91. The average molecular weight is 325 g/mol. The summed E-state index contributed by atoms with van der Waals surface area (Å²) in [6, 6.07) is 8.51. The largest absolute Gasteiger partial charge is 0.462 e. The molecule has 1 amide bonds. The van der Waals surface area contributed by atoms with E-state index >= 15 is 0 Å². The lowest BCUT2D eigenvalue weighted by Crippen LogP contribution is -2.44. The summed E-state index contributed by atoms with van der Waals surface area (Å²) in [4.78, 5) is 23.8. The maximum atomic E-state index is 12.1. The van der Waals surface area contributed by atoms with E-state index in [1.54, 1.807) is 0 Å². The normalized spacial score (nSPS) is 11.6. The molecule has 1 atom stereocenters. The van der Waals surface area contributed by atoms with Gasteiger partial charge >= 0.3 is 12.1 Å². The van der Waals surface area contributed by atoms with Gasteiger partial charge in [0.05, 0.1) is 13.2 Å². The summed E-state index contributed by atoms with van der Waals surface area (Å²) in [5.74, 6) is -0.533. The van der Waals surface area contributed by atoms with E-state index in [0.29, 0.717) is 13.0 Å². The van der Waals surface area contributed by atoms with Crippen molar-refractivity contribution in [1.29, 1.82) is 0 Å². The predicted molar refractivity (Wildman–Crippen MR) is 83.1 cm³/mol. The average Bonchev–Trinajstić information content (AvgIpc) is 2.55. The Bertz CT molecular complexity index is 465. The van der Waals surface area contributed by atoms with Gasteiger partial charge in [0.15, 0.2) is 0 Å². The minimum Gasteiger partial charge on any atom is -0.462 e. The van der Waals surface area contributed by atoms with Crippen LogP contribution < -0.4 is 5.32 Å². The molecule has 0 spiro atoms. The first-order valence-electron chi connectivity index (χ1n) is 7.29. The first-order valence-corrected chi connectivity index (χ1v) is 7.29. The number of nitrogens with one attached hydrogen (secondary N) is 1. The Labute approximate surface area is 135 Å². The van der Waals surface area contributed by atoms with E-state index in [-0.39, 0.29) is 19.8 Å². The number of methoxy groups -OCH3 is 2. The molecule has 0 saturated heterocycles. The van der Waals surface area contributed by atoms with Crippen LogP contribution in [-0.4, -0.2) is 58.8 Å². The molecule has 0 radical (unpaired) electrons. The number of hydrogen-bond donors (Lipinski definition) is 1. The van der Waals surface area contributed by atoms with E-state index in [9.17, 15) is 9.59 Å². The van der Waals surface area contributed by atoms with Crippen LogP contribution in [0.5, 0.6) is 0 Å². The molecule has 0 fully saturated rings. The van der Waals surface area contributed by atoms with Crippen LogP contribution in [0.4, 0.5) is 4.79 Å². The van der Waals surface area contributed by atoms with Gasteiger partial charge in [-0.1, -0.05) is 30.3 Å². The minimum atomic E-state index is -0.829. The van der Waals surface area contributed by atoms with Crippen molar-refractivity contribution in [3.8, 4) is 0 Å². The Morgan fingerprint density at radius 2 is 1.57 bits per heavy atom. The molecule has 0 aliphatic heterocycles. The highest BCUT2D eigenvalue weighted by Crippen LogP contribution is 2.05. The third-order valence-electron chi connectivity index (χ3n) is 2.91. The van der Waals surface area contributed by atoms with Gasteiger partial charge in [-0.2, -0.15) is 0 Å². The third kappa shape index (κ3) is 8.18. The highest BCUT2D eigenvalue weighted by molar-refractivity contribution is 5.81. The topological polar surface area (TPSA) is 83.1 Å². The zero-order valence-corrected chi connectivity index (χ0v) is 13.4. The molecular formula is C16H23NO6. The molecule has 0 aromatic heterocycles. The van der Waals surface area contributed by atoms with Gasteiger partial charge in [0.25, 0.3) is 0 Å². The van der Waals surface area contributed by atoms with Crippen molar-refractivity contribution >= 4 is 12.1 Å². The Hall–Kier alpha value is -2.12. The van der Waals surface area contributed by atoms with Crippen molar-refractivity contribution in [1.82, 2.24) is 5.32 Å². The summed E-state index contributed by atoms with van der Waals surface area (Å²) in [7, 11) is 3.02. The number of carbonyl (C=O) groups is 2. The van der Waals surface area contributed by atoms with E-state index in [4.69, 9.17) is 18.9 Å². The number of carbonyl (C=O) groups excluding carboxylic acids is 2. The predicted octanol–water partition coefficient (Wildman–Crippen LogP) is 1.16. The maximum Gasteiger partial charge on any atom is 0.407 e. The molecule has 0 saturated carbocycles. The zero-order valence-electron chi connectivity index (χ0n) is 13.4. The second-order valence-electron chi connectivity index (χ2n) is 4.68. The van der Waals surface area contributed by atoms with E-state index in [1.165, 1.54) is 14.2 Å². The molecule has 0 aliphatic carbocycles. The first kappa shape index (κ1) is 18.9.